The third kappa shape index (κ3) is 3.94. The summed E-state index contributed by atoms with van der Waals surface area (Å²) in [6.07, 6.45) is 2.99. The second-order valence-electron chi connectivity index (χ2n) is 8.35. The molecular formula is C22H23BrN3O2S+. The number of amides is 1. The molecule has 2 atom stereocenters. The molecule has 3 N–H and O–H groups in total. The highest BCUT2D eigenvalue weighted by molar-refractivity contribution is 9.11. The number of aromatic nitrogens is 1. The van der Waals surface area contributed by atoms with Crippen molar-refractivity contribution in [2.24, 2.45) is 11.3 Å². The fraction of sp³-hybridized carbons (Fsp3) is 0.318. The Morgan fingerprint density at radius 2 is 2.10 bits per heavy atom. The van der Waals surface area contributed by atoms with Crippen LogP contribution in [-0.2, 0) is 9.59 Å². The summed E-state index contributed by atoms with van der Waals surface area (Å²) >= 11 is 5.07. The van der Waals surface area contributed by atoms with E-state index in [0.717, 1.165) is 26.4 Å². The van der Waals surface area contributed by atoms with Crippen molar-refractivity contribution in [1.82, 2.24) is 5.32 Å². The molecule has 0 fully saturated rings. The summed E-state index contributed by atoms with van der Waals surface area (Å²) in [6, 6.07) is 9.45. The first-order chi connectivity index (χ1) is 13.7. The van der Waals surface area contributed by atoms with E-state index in [1.807, 2.05) is 24.3 Å². The Balaban J connectivity index is 1.78. The van der Waals surface area contributed by atoms with Crippen molar-refractivity contribution in [3.63, 3.8) is 0 Å². The predicted molar refractivity (Wildman–Crippen MR) is 117 cm³/mol. The van der Waals surface area contributed by atoms with Gasteiger partial charge in [0, 0.05) is 40.2 Å². The number of allylic oxidation sites excluding steroid dienone is 2. The molecule has 0 spiro atoms. The molecule has 4 rings (SSSR count). The molecule has 0 saturated carbocycles. The number of anilines is 1. The summed E-state index contributed by atoms with van der Waals surface area (Å²) in [5.41, 5.74) is 2.14. The highest BCUT2D eigenvalue weighted by Crippen LogP contribution is 2.49. The lowest BCUT2D eigenvalue weighted by molar-refractivity contribution is -0.360. The van der Waals surface area contributed by atoms with Crippen LogP contribution in [0.5, 0.6) is 0 Å². The first kappa shape index (κ1) is 20.0. The van der Waals surface area contributed by atoms with Crippen molar-refractivity contribution >= 4 is 44.8 Å². The van der Waals surface area contributed by atoms with Gasteiger partial charge in [-0.15, -0.1) is 11.3 Å². The molecule has 1 amide bonds. The SMILES string of the molecule is C=C1NC2=C(C(=O)CC(C)(C)C2)C(c2ccc(Br)s2)C1C(=O)Nc1cccc[nH+]1. The monoisotopic (exact) mass is 472 g/mol. The first-order valence-electron chi connectivity index (χ1n) is 9.50. The van der Waals surface area contributed by atoms with E-state index in [1.165, 1.54) is 0 Å². The zero-order valence-electron chi connectivity index (χ0n) is 16.3. The van der Waals surface area contributed by atoms with Gasteiger partial charge in [-0.25, -0.2) is 15.1 Å². The minimum absolute atomic E-state index is 0.106. The van der Waals surface area contributed by atoms with Gasteiger partial charge in [0.25, 0.3) is 5.82 Å². The van der Waals surface area contributed by atoms with Crippen LogP contribution >= 0.6 is 27.3 Å². The molecule has 150 valence electrons. The van der Waals surface area contributed by atoms with E-state index in [1.54, 1.807) is 23.6 Å². The number of pyridine rings is 1. The van der Waals surface area contributed by atoms with Gasteiger partial charge in [0.15, 0.2) is 5.78 Å². The average Bonchev–Trinajstić information content (AvgIpc) is 3.06. The number of ketones is 1. The van der Waals surface area contributed by atoms with Gasteiger partial charge in [0.1, 0.15) is 5.92 Å². The molecule has 3 heterocycles. The van der Waals surface area contributed by atoms with E-state index < -0.39 is 5.92 Å². The van der Waals surface area contributed by atoms with Gasteiger partial charge in [-0.3, -0.25) is 4.79 Å². The van der Waals surface area contributed by atoms with Crippen LogP contribution in [0.15, 0.2) is 63.9 Å². The van der Waals surface area contributed by atoms with Crippen LogP contribution in [-0.4, -0.2) is 11.7 Å². The number of thiophene rings is 1. The number of rotatable bonds is 3. The van der Waals surface area contributed by atoms with E-state index in [2.05, 4.69) is 52.0 Å². The van der Waals surface area contributed by atoms with Crippen molar-refractivity contribution in [1.29, 1.82) is 0 Å². The van der Waals surface area contributed by atoms with Gasteiger partial charge < -0.3 is 5.32 Å². The summed E-state index contributed by atoms with van der Waals surface area (Å²) in [4.78, 5) is 30.5. The minimum Gasteiger partial charge on any atom is -0.362 e. The number of Topliss-reactive ketones (excluding diaryl/α,β-unsaturated/α-hetero) is 1. The van der Waals surface area contributed by atoms with Gasteiger partial charge in [-0.2, -0.15) is 0 Å². The maximum Gasteiger partial charge on any atom is 0.317 e. The molecule has 2 aliphatic rings. The number of carbonyl (C=O) groups is 2. The molecule has 0 saturated heterocycles. The normalized spacial score (nSPS) is 23.4. The largest absolute Gasteiger partial charge is 0.362 e. The van der Waals surface area contributed by atoms with Crippen LogP contribution in [0.2, 0.25) is 0 Å². The zero-order chi connectivity index (χ0) is 20.8. The van der Waals surface area contributed by atoms with E-state index in [4.69, 9.17) is 0 Å². The minimum atomic E-state index is -0.585. The van der Waals surface area contributed by atoms with E-state index in [0.29, 0.717) is 17.9 Å². The van der Waals surface area contributed by atoms with Crippen molar-refractivity contribution in [3.05, 3.63) is 68.7 Å². The molecule has 0 radical (unpaired) electrons. The number of H-pyrrole nitrogens is 1. The first-order valence-corrected chi connectivity index (χ1v) is 11.1. The molecule has 5 nitrogen and oxygen atoms in total. The summed E-state index contributed by atoms with van der Waals surface area (Å²) in [5.74, 6) is -0.411. The maximum atomic E-state index is 13.3. The highest BCUT2D eigenvalue weighted by atomic mass is 79.9. The highest BCUT2D eigenvalue weighted by Gasteiger charge is 2.47. The van der Waals surface area contributed by atoms with Gasteiger partial charge in [-0.05, 0) is 46.0 Å². The Bertz CT molecular complexity index is 1030. The number of hydrogen-bond acceptors (Lipinski definition) is 4. The molecule has 1 aliphatic heterocycles. The van der Waals surface area contributed by atoms with Crippen LogP contribution in [0.3, 0.4) is 0 Å². The maximum absolute atomic E-state index is 13.3. The molecular weight excluding hydrogens is 450 g/mol. The van der Waals surface area contributed by atoms with Crippen molar-refractivity contribution in [2.75, 3.05) is 5.32 Å². The second-order valence-corrected chi connectivity index (χ2v) is 10.8. The number of halogens is 1. The fourth-order valence-electron chi connectivity index (χ4n) is 4.24. The number of hydrogen-bond donors (Lipinski definition) is 2. The Kier molecular flexibility index (Phi) is 5.21. The molecule has 7 heteroatoms. The fourth-order valence-corrected chi connectivity index (χ4v) is 5.81. The second kappa shape index (κ2) is 7.54. The smallest absolute Gasteiger partial charge is 0.317 e. The van der Waals surface area contributed by atoms with Crippen molar-refractivity contribution in [2.45, 2.75) is 32.6 Å². The zero-order valence-corrected chi connectivity index (χ0v) is 18.7. The average molecular weight is 473 g/mol. The number of carbonyl (C=O) groups excluding carboxylic acids is 2. The molecule has 0 bridgehead atoms. The lowest BCUT2D eigenvalue weighted by Gasteiger charge is -2.41. The summed E-state index contributed by atoms with van der Waals surface area (Å²) < 4.78 is 0.970. The van der Waals surface area contributed by atoms with Crippen LogP contribution in [0.1, 0.15) is 37.5 Å². The van der Waals surface area contributed by atoms with Crippen LogP contribution in [0.4, 0.5) is 5.82 Å². The third-order valence-corrected chi connectivity index (χ3v) is 7.11. The lowest BCUT2D eigenvalue weighted by Crippen LogP contribution is -2.44. The quantitative estimate of drug-likeness (QED) is 0.693. The Morgan fingerprint density at radius 1 is 1.31 bits per heavy atom. The number of nitrogens with one attached hydrogen (secondary N) is 3. The van der Waals surface area contributed by atoms with Crippen LogP contribution in [0.25, 0.3) is 0 Å². The van der Waals surface area contributed by atoms with Crippen molar-refractivity contribution in [3.8, 4) is 0 Å². The van der Waals surface area contributed by atoms with Crippen molar-refractivity contribution < 1.29 is 14.6 Å². The summed E-state index contributed by atoms with van der Waals surface area (Å²) in [7, 11) is 0. The van der Waals surface area contributed by atoms with E-state index >= 15 is 0 Å². The standard InChI is InChI=1S/C22H22BrN3O2S/c1-12-18(21(28)26-17-6-4-5-9-24-17)20(15-7-8-16(23)29-15)19-13(25-12)10-22(2,3)11-14(19)27/h4-9,18,20,25H,1,10-11H2,2-3H3,(H,24,26,28)/p+1. The molecule has 2 aromatic heterocycles. The predicted octanol–water partition coefficient (Wildman–Crippen LogP) is 4.42. The van der Waals surface area contributed by atoms with E-state index in [9.17, 15) is 9.59 Å². The van der Waals surface area contributed by atoms with Gasteiger partial charge >= 0.3 is 5.91 Å². The van der Waals surface area contributed by atoms with Crippen LogP contribution in [0, 0.1) is 11.3 Å². The molecule has 2 unspecified atom stereocenters. The third-order valence-electron chi connectivity index (χ3n) is 5.40. The van der Waals surface area contributed by atoms with Gasteiger partial charge in [0.2, 0.25) is 0 Å². The molecule has 2 aromatic rings. The summed E-state index contributed by atoms with van der Waals surface area (Å²) in [5, 5.41) is 6.25. The summed E-state index contributed by atoms with van der Waals surface area (Å²) in [6.45, 7) is 8.36. The number of aromatic amines is 1. The van der Waals surface area contributed by atoms with Crippen LogP contribution < -0.4 is 15.6 Å². The topological polar surface area (TPSA) is 72.3 Å². The Hall–Kier alpha value is -2.25. The molecule has 1 aliphatic carbocycles. The lowest BCUT2D eigenvalue weighted by atomic mass is 9.67. The Labute approximate surface area is 182 Å². The van der Waals surface area contributed by atoms with Gasteiger partial charge in [-0.1, -0.05) is 26.5 Å². The molecule has 29 heavy (non-hydrogen) atoms. The Morgan fingerprint density at radius 3 is 2.76 bits per heavy atom. The van der Waals surface area contributed by atoms with E-state index in [-0.39, 0.29) is 23.0 Å². The molecule has 0 aromatic carbocycles. The van der Waals surface area contributed by atoms with Gasteiger partial charge in [0.05, 0.1) is 9.98 Å².